The van der Waals surface area contributed by atoms with Crippen LogP contribution in [-0.2, 0) is 13.0 Å². The first-order valence-electron chi connectivity index (χ1n) is 6.61. The molecule has 0 fully saturated rings. The van der Waals surface area contributed by atoms with E-state index in [9.17, 15) is 0 Å². The molecule has 0 aliphatic rings. The molecule has 102 valence electrons. The number of anilines is 1. The molecule has 0 aliphatic carbocycles. The van der Waals surface area contributed by atoms with Gasteiger partial charge in [-0.1, -0.05) is 13.0 Å². The Morgan fingerprint density at radius 2 is 2.21 bits per heavy atom. The number of hydrogen-bond donors (Lipinski definition) is 1. The number of aryl methyl sites for hydroxylation is 1. The molecule has 1 unspecified atom stereocenters. The first kappa shape index (κ1) is 14.0. The second-order valence-corrected chi connectivity index (χ2v) is 5.66. The van der Waals surface area contributed by atoms with Crippen LogP contribution in [0.5, 0.6) is 0 Å². The van der Waals surface area contributed by atoms with Crippen LogP contribution in [0.25, 0.3) is 0 Å². The van der Waals surface area contributed by atoms with Crippen LogP contribution in [0.1, 0.15) is 36.0 Å². The zero-order valence-corrected chi connectivity index (χ0v) is 12.6. The van der Waals surface area contributed by atoms with Crippen molar-refractivity contribution in [2.24, 2.45) is 5.73 Å². The van der Waals surface area contributed by atoms with Crippen LogP contribution >= 0.6 is 11.3 Å². The van der Waals surface area contributed by atoms with Gasteiger partial charge in [0.15, 0.2) is 0 Å². The second kappa shape index (κ2) is 6.17. The van der Waals surface area contributed by atoms with Gasteiger partial charge in [-0.05, 0) is 42.5 Å². The van der Waals surface area contributed by atoms with Crippen LogP contribution < -0.4 is 10.6 Å². The SMILES string of the molecule is CCc1cc(CN)cc(N(C)C(C)c2cccs2)n1. The highest BCUT2D eigenvalue weighted by Gasteiger charge is 2.15. The molecule has 2 heterocycles. The fourth-order valence-electron chi connectivity index (χ4n) is 2.03. The van der Waals surface area contributed by atoms with Crippen molar-refractivity contribution >= 4 is 17.2 Å². The molecule has 2 rings (SSSR count). The maximum absolute atomic E-state index is 5.77. The number of rotatable bonds is 5. The maximum Gasteiger partial charge on any atom is 0.129 e. The van der Waals surface area contributed by atoms with Gasteiger partial charge in [0.1, 0.15) is 5.82 Å². The minimum atomic E-state index is 0.324. The molecule has 0 spiro atoms. The molecule has 2 N–H and O–H groups in total. The molecular formula is C15H21N3S. The molecule has 0 amide bonds. The number of aromatic nitrogens is 1. The standard InChI is InChI=1S/C15H21N3S/c1-4-13-8-12(10-16)9-15(17-13)18(3)11(2)14-6-5-7-19-14/h5-9,11H,4,10,16H2,1-3H3. The lowest BCUT2D eigenvalue weighted by molar-refractivity contribution is 0.737. The van der Waals surface area contributed by atoms with Gasteiger partial charge in [0.25, 0.3) is 0 Å². The fourth-order valence-corrected chi connectivity index (χ4v) is 2.86. The molecule has 1 atom stereocenters. The summed E-state index contributed by atoms with van der Waals surface area (Å²) in [6, 6.07) is 8.76. The summed E-state index contributed by atoms with van der Waals surface area (Å²) in [6.07, 6.45) is 0.933. The van der Waals surface area contributed by atoms with Gasteiger partial charge >= 0.3 is 0 Å². The Hall–Kier alpha value is -1.39. The third-order valence-corrected chi connectivity index (χ3v) is 4.46. The topological polar surface area (TPSA) is 42.1 Å². The molecule has 2 aromatic heterocycles. The van der Waals surface area contributed by atoms with E-state index in [0.717, 1.165) is 23.5 Å². The number of nitrogens with two attached hydrogens (primary N) is 1. The van der Waals surface area contributed by atoms with Gasteiger partial charge in [-0.3, -0.25) is 0 Å². The summed E-state index contributed by atoms with van der Waals surface area (Å²) in [5.74, 6) is 1.00. The van der Waals surface area contributed by atoms with E-state index in [1.807, 2.05) is 0 Å². The van der Waals surface area contributed by atoms with Crippen molar-refractivity contribution in [1.29, 1.82) is 0 Å². The van der Waals surface area contributed by atoms with E-state index in [0.29, 0.717) is 12.6 Å². The van der Waals surface area contributed by atoms with Crippen molar-refractivity contribution in [2.75, 3.05) is 11.9 Å². The zero-order chi connectivity index (χ0) is 13.8. The van der Waals surface area contributed by atoms with Crippen molar-refractivity contribution < 1.29 is 0 Å². The second-order valence-electron chi connectivity index (χ2n) is 4.68. The molecular weight excluding hydrogens is 254 g/mol. The van der Waals surface area contributed by atoms with E-state index in [4.69, 9.17) is 10.7 Å². The molecule has 0 aliphatic heterocycles. The highest BCUT2D eigenvalue weighted by Crippen LogP contribution is 2.27. The van der Waals surface area contributed by atoms with Crippen LogP contribution in [-0.4, -0.2) is 12.0 Å². The van der Waals surface area contributed by atoms with Crippen LogP contribution in [0.2, 0.25) is 0 Å². The summed E-state index contributed by atoms with van der Waals surface area (Å²) in [7, 11) is 2.09. The number of hydrogen-bond acceptors (Lipinski definition) is 4. The van der Waals surface area contributed by atoms with Gasteiger partial charge in [-0.15, -0.1) is 11.3 Å². The number of pyridine rings is 1. The van der Waals surface area contributed by atoms with Gasteiger partial charge in [-0.2, -0.15) is 0 Å². The number of thiophene rings is 1. The van der Waals surface area contributed by atoms with Gasteiger partial charge in [0, 0.05) is 24.2 Å². The molecule has 19 heavy (non-hydrogen) atoms. The van der Waals surface area contributed by atoms with E-state index in [1.54, 1.807) is 11.3 Å². The van der Waals surface area contributed by atoms with Crippen LogP contribution in [0, 0.1) is 0 Å². The highest BCUT2D eigenvalue weighted by molar-refractivity contribution is 7.10. The van der Waals surface area contributed by atoms with Crippen molar-refractivity contribution in [3.63, 3.8) is 0 Å². The van der Waals surface area contributed by atoms with E-state index in [2.05, 4.69) is 55.4 Å². The Kier molecular flexibility index (Phi) is 4.56. The average molecular weight is 275 g/mol. The molecule has 0 saturated heterocycles. The third kappa shape index (κ3) is 3.14. The smallest absolute Gasteiger partial charge is 0.129 e. The lowest BCUT2D eigenvalue weighted by Crippen LogP contribution is -2.22. The van der Waals surface area contributed by atoms with Crippen LogP contribution in [0.4, 0.5) is 5.82 Å². The van der Waals surface area contributed by atoms with Crippen molar-refractivity contribution in [1.82, 2.24) is 4.98 Å². The lowest BCUT2D eigenvalue weighted by Gasteiger charge is -2.26. The Morgan fingerprint density at radius 1 is 1.42 bits per heavy atom. The van der Waals surface area contributed by atoms with Crippen molar-refractivity contribution in [3.8, 4) is 0 Å². The summed E-state index contributed by atoms with van der Waals surface area (Å²) in [6.45, 7) is 4.88. The molecule has 0 saturated carbocycles. The number of nitrogens with zero attached hydrogens (tertiary/aromatic N) is 2. The minimum Gasteiger partial charge on any atom is -0.352 e. The van der Waals surface area contributed by atoms with E-state index in [-0.39, 0.29) is 0 Å². The Labute approximate surface area is 119 Å². The van der Waals surface area contributed by atoms with Gasteiger partial charge < -0.3 is 10.6 Å². The Balaban J connectivity index is 2.29. The largest absolute Gasteiger partial charge is 0.352 e. The molecule has 0 aromatic carbocycles. The molecule has 2 aromatic rings. The van der Waals surface area contributed by atoms with E-state index >= 15 is 0 Å². The summed E-state index contributed by atoms with van der Waals surface area (Å²) < 4.78 is 0. The summed E-state index contributed by atoms with van der Waals surface area (Å²) in [4.78, 5) is 8.27. The predicted octanol–water partition coefficient (Wildman–Crippen LogP) is 3.36. The summed E-state index contributed by atoms with van der Waals surface area (Å²) >= 11 is 1.78. The van der Waals surface area contributed by atoms with Crippen molar-refractivity contribution in [2.45, 2.75) is 32.9 Å². The van der Waals surface area contributed by atoms with E-state index < -0.39 is 0 Å². The van der Waals surface area contributed by atoms with Gasteiger partial charge in [-0.25, -0.2) is 4.98 Å². The van der Waals surface area contributed by atoms with Gasteiger partial charge in [0.05, 0.1) is 6.04 Å². The van der Waals surface area contributed by atoms with E-state index in [1.165, 1.54) is 4.88 Å². The molecule has 3 nitrogen and oxygen atoms in total. The first-order valence-corrected chi connectivity index (χ1v) is 7.49. The van der Waals surface area contributed by atoms with Gasteiger partial charge in [0.2, 0.25) is 0 Å². The molecule has 0 bridgehead atoms. The minimum absolute atomic E-state index is 0.324. The fraction of sp³-hybridized carbons (Fsp3) is 0.400. The predicted molar refractivity (Wildman–Crippen MR) is 82.6 cm³/mol. The zero-order valence-electron chi connectivity index (χ0n) is 11.8. The summed E-state index contributed by atoms with van der Waals surface area (Å²) in [5.41, 5.74) is 8.01. The third-order valence-electron chi connectivity index (χ3n) is 3.42. The quantitative estimate of drug-likeness (QED) is 0.909. The molecule has 4 heteroatoms. The average Bonchev–Trinajstić information content (AvgIpc) is 2.99. The molecule has 0 radical (unpaired) electrons. The first-order chi connectivity index (χ1) is 9.15. The Bertz CT molecular complexity index is 500. The summed E-state index contributed by atoms with van der Waals surface area (Å²) in [5, 5.41) is 2.11. The maximum atomic E-state index is 5.77. The normalized spacial score (nSPS) is 12.4. The monoisotopic (exact) mass is 275 g/mol. The van der Waals surface area contributed by atoms with Crippen molar-refractivity contribution in [3.05, 3.63) is 45.8 Å². The van der Waals surface area contributed by atoms with Crippen LogP contribution in [0.3, 0.4) is 0 Å². The Morgan fingerprint density at radius 3 is 2.79 bits per heavy atom. The highest BCUT2D eigenvalue weighted by atomic mass is 32.1. The van der Waals surface area contributed by atoms with Crippen LogP contribution in [0.15, 0.2) is 29.6 Å². The lowest BCUT2D eigenvalue weighted by atomic mass is 10.1.